The van der Waals surface area contributed by atoms with E-state index in [2.05, 4.69) is 5.32 Å². The Morgan fingerprint density at radius 2 is 2.19 bits per heavy atom. The molecule has 1 atom stereocenters. The summed E-state index contributed by atoms with van der Waals surface area (Å²) in [6.45, 7) is 5.25. The van der Waals surface area contributed by atoms with Crippen LogP contribution in [0.3, 0.4) is 0 Å². The Morgan fingerprint density at radius 3 is 2.88 bits per heavy atom. The third-order valence-corrected chi connectivity index (χ3v) is 3.68. The van der Waals surface area contributed by atoms with Gasteiger partial charge in [-0.05, 0) is 13.0 Å². The van der Waals surface area contributed by atoms with Gasteiger partial charge in [0.2, 0.25) is 0 Å². The van der Waals surface area contributed by atoms with E-state index in [1.165, 1.54) is 0 Å². The van der Waals surface area contributed by atoms with Gasteiger partial charge in [-0.2, -0.15) is 0 Å². The molecule has 16 heavy (non-hydrogen) atoms. The lowest BCUT2D eigenvalue weighted by molar-refractivity contribution is 0.465. The topological polar surface area (TPSA) is 49.3 Å². The molecule has 1 rings (SSSR count). The minimum Gasteiger partial charge on any atom is -0.508 e. The highest BCUT2D eigenvalue weighted by Crippen LogP contribution is 2.17. The molecule has 0 fully saturated rings. The van der Waals surface area contributed by atoms with E-state index in [-0.39, 0.29) is 0 Å². The van der Waals surface area contributed by atoms with Gasteiger partial charge < -0.3 is 10.4 Å². The lowest BCUT2D eigenvalue weighted by Gasteiger charge is -2.07. The van der Waals surface area contributed by atoms with Crippen LogP contribution < -0.4 is 5.32 Å². The van der Waals surface area contributed by atoms with Gasteiger partial charge in [-0.15, -0.1) is 0 Å². The highest BCUT2D eigenvalue weighted by Gasteiger charge is 2.01. The number of aryl methyl sites for hydroxylation is 1. The molecule has 0 saturated carbocycles. The summed E-state index contributed by atoms with van der Waals surface area (Å²) in [6.07, 6.45) is 0. The van der Waals surface area contributed by atoms with Gasteiger partial charge in [0.05, 0.1) is 0 Å². The largest absolute Gasteiger partial charge is 0.508 e. The van der Waals surface area contributed by atoms with E-state index in [1.54, 1.807) is 6.07 Å². The van der Waals surface area contributed by atoms with Crippen LogP contribution in [0, 0.1) is 6.92 Å². The zero-order chi connectivity index (χ0) is 12.0. The molecule has 0 amide bonds. The van der Waals surface area contributed by atoms with Gasteiger partial charge in [-0.1, -0.05) is 24.6 Å². The molecule has 0 aliphatic heterocycles. The Kier molecular flexibility index (Phi) is 5.49. The van der Waals surface area contributed by atoms with E-state index in [4.69, 9.17) is 0 Å². The molecule has 0 radical (unpaired) electrons. The van der Waals surface area contributed by atoms with Crippen molar-refractivity contribution in [1.82, 2.24) is 5.32 Å². The predicted octanol–water partition coefficient (Wildman–Crippen LogP) is 1.56. The second-order valence-corrected chi connectivity index (χ2v) is 5.61. The Bertz CT molecular complexity index is 366. The molecule has 0 heterocycles. The SMILES string of the molecule is CCS(=O)CCNCc1cc(C)ccc1O. The van der Waals surface area contributed by atoms with Crippen LogP contribution >= 0.6 is 0 Å². The monoisotopic (exact) mass is 241 g/mol. The maximum absolute atomic E-state index is 11.2. The molecular weight excluding hydrogens is 222 g/mol. The Morgan fingerprint density at radius 1 is 1.44 bits per heavy atom. The van der Waals surface area contributed by atoms with Gasteiger partial charge in [0, 0.05) is 41.0 Å². The standard InChI is InChI=1S/C12H19NO2S/c1-3-16(15)7-6-13-9-11-8-10(2)4-5-12(11)14/h4-5,8,13-14H,3,6-7,9H2,1-2H3. The van der Waals surface area contributed by atoms with Crippen molar-refractivity contribution in [3.05, 3.63) is 29.3 Å². The second-order valence-electron chi connectivity index (χ2n) is 3.74. The van der Waals surface area contributed by atoms with Crippen LogP contribution in [0.25, 0.3) is 0 Å². The molecule has 0 aliphatic carbocycles. The minimum atomic E-state index is -0.720. The highest BCUT2D eigenvalue weighted by atomic mass is 32.2. The van der Waals surface area contributed by atoms with Crippen LogP contribution in [0.1, 0.15) is 18.1 Å². The first-order valence-corrected chi connectivity index (χ1v) is 6.96. The third-order valence-electron chi connectivity index (χ3n) is 2.38. The van der Waals surface area contributed by atoms with Crippen molar-refractivity contribution in [2.75, 3.05) is 18.1 Å². The van der Waals surface area contributed by atoms with Gasteiger partial charge in [0.25, 0.3) is 0 Å². The van der Waals surface area contributed by atoms with E-state index in [0.29, 0.717) is 30.3 Å². The van der Waals surface area contributed by atoms with E-state index >= 15 is 0 Å². The summed E-state index contributed by atoms with van der Waals surface area (Å²) in [4.78, 5) is 0. The summed E-state index contributed by atoms with van der Waals surface area (Å²) in [7, 11) is -0.720. The summed E-state index contributed by atoms with van der Waals surface area (Å²) in [6, 6.07) is 5.54. The van der Waals surface area contributed by atoms with Crippen LogP contribution in [0.4, 0.5) is 0 Å². The van der Waals surface area contributed by atoms with Crippen LogP contribution in [-0.4, -0.2) is 27.4 Å². The number of rotatable bonds is 6. The molecular formula is C12H19NO2S. The summed E-state index contributed by atoms with van der Waals surface area (Å²) in [5, 5.41) is 12.8. The van der Waals surface area contributed by atoms with Crippen molar-refractivity contribution in [2.24, 2.45) is 0 Å². The summed E-state index contributed by atoms with van der Waals surface area (Å²) in [5.74, 6) is 1.69. The fourth-order valence-electron chi connectivity index (χ4n) is 1.41. The Labute approximate surface area is 99.3 Å². The van der Waals surface area contributed by atoms with E-state index < -0.39 is 10.8 Å². The quantitative estimate of drug-likeness (QED) is 0.743. The number of hydrogen-bond acceptors (Lipinski definition) is 3. The number of benzene rings is 1. The van der Waals surface area contributed by atoms with Crippen LogP contribution in [0.5, 0.6) is 5.75 Å². The predicted molar refractivity (Wildman–Crippen MR) is 68.1 cm³/mol. The van der Waals surface area contributed by atoms with Crippen molar-refractivity contribution in [3.8, 4) is 5.75 Å². The molecule has 1 unspecified atom stereocenters. The first kappa shape index (κ1) is 13.2. The fourth-order valence-corrected chi connectivity index (χ4v) is 2.07. The van der Waals surface area contributed by atoms with Crippen LogP contribution in [0.15, 0.2) is 18.2 Å². The number of hydrogen-bond donors (Lipinski definition) is 2. The average molecular weight is 241 g/mol. The number of aromatic hydroxyl groups is 1. The second kappa shape index (κ2) is 6.66. The molecule has 1 aromatic carbocycles. The highest BCUT2D eigenvalue weighted by molar-refractivity contribution is 7.84. The normalized spacial score (nSPS) is 12.6. The van der Waals surface area contributed by atoms with Gasteiger partial charge in [0.15, 0.2) is 0 Å². The smallest absolute Gasteiger partial charge is 0.120 e. The molecule has 0 saturated heterocycles. The lowest BCUT2D eigenvalue weighted by Crippen LogP contribution is -2.20. The van der Waals surface area contributed by atoms with Crippen molar-refractivity contribution in [3.63, 3.8) is 0 Å². The lowest BCUT2D eigenvalue weighted by atomic mass is 10.1. The number of phenolic OH excluding ortho intramolecular Hbond substituents is 1. The molecule has 0 bridgehead atoms. The summed E-state index contributed by atoms with van der Waals surface area (Å²) >= 11 is 0. The molecule has 0 aliphatic rings. The third kappa shape index (κ3) is 4.33. The maximum atomic E-state index is 11.2. The van der Waals surface area contributed by atoms with Crippen molar-refractivity contribution < 1.29 is 9.32 Å². The van der Waals surface area contributed by atoms with Crippen LogP contribution in [0.2, 0.25) is 0 Å². The first-order chi connectivity index (χ1) is 7.63. The number of nitrogens with one attached hydrogen (secondary N) is 1. The Hall–Kier alpha value is -0.870. The van der Waals surface area contributed by atoms with Crippen LogP contribution in [-0.2, 0) is 17.3 Å². The number of phenols is 1. The zero-order valence-electron chi connectivity index (χ0n) is 9.82. The average Bonchev–Trinajstić information content (AvgIpc) is 2.28. The molecule has 0 aromatic heterocycles. The summed E-state index contributed by atoms with van der Waals surface area (Å²) in [5.41, 5.74) is 2.02. The Balaban J connectivity index is 2.37. The fraction of sp³-hybridized carbons (Fsp3) is 0.500. The van der Waals surface area contributed by atoms with Crippen molar-refractivity contribution in [1.29, 1.82) is 0 Å². The molecule has 2 N–H and O–H groups in total. The summed E-state index contributed by atoms with van der Waals surface area (Å²) < 4.78 is 11.2. The molecule has 1 aromatic rings. The molecule has 3 nitrogen and oxygen atoms in total. The molecule has 0 spiro atoms. The van der Waals surface area contributed by atoms with E-state index in [9.17, 15) is 9.32 Å². The van der Waals surface area contributed by atoms with Crippen molar-refractivity contribution in [2.45, 2.75) is 20.4 Å². The maximum Gasteiger partial charge on any atom is 0.120 e. The van der Waals surface area contributed by atoms with Gasteiger partial charge in [-0.3, -0.25) is 4.21 Å². The minimum absolute atomic E-state index is 0.315. The van der Waals surface area contributed by atoms with E-state index in [1.807, 2.05) is 26.0 Å². The van der Waals surface area contributed by atoms with E-state index in [0.717, 1.165) is 11.1 Å². The molecule has 4 heteroatoms. The van der Waals surface area contributed by atoms with Gasteiger partial charge in [-0.25, -0.2) is 0 Å². The van der Waals surface area contributed by atoms with Gasteiger partial charge in [0.1, 0.15) is 5.75 Å². The van der Waals surface area contributed by atoms with Gasteiger partial charge >= 0.3 is 0 Å². The first-order valence-electron chi connectivity index (χ1n) is 5.47. The van der Waals surface area contributed by atoms with Crippen molar-refractivity contribution >= 4 is 10.8 Å². The molecule has 90 valence electrons. The zero-order valence-corrected chi connectivity index (χ0v) is 10.6.